The van der Waals surface area contributed by atoms with Crippen molar-refractivity contribution < 1.29 is 9.90 Å². The second-order valence-electron chi connectivity index (χ2n) is 4.48. The molecule has 0 aliphatic rings. The number of nitrogens with one attached hydrogen (secondary N) is 1. The maximum Gasteiger partial charge on any atom is 0.328 e. The fraction of sp³-hybridized carbons (Fsp3) is 0.267. The van der Waals surface area contributed by atoms with Crippen LogP contribution in [0.15, 0.2) is 24.3 Å². The van der Waals surface area contributed by atoms with Gasteiger partial charge in [-0.1, -0.05) is 25.1 Å². The van der Waals surface area contributed by atoms with Crippen molar-refractivity contribution in [2.24, 2.45) is 0 Å². The van der Waals surface area contributed by atoms with Crippen LogP contribution in [0.2, 0.25) is 0 Å². The topological polar surface area (TPSA) is 53.1 Å². The summed E-state index contributed by atoms with van der Waals surface area (Å²) in [6, 6.07) is 6.15. The maximum absolute atomic E-state index is 10.8. The van der Waals surface area contributed by atoms with Gasteiger partial charge in [-0.3, -0.25) is 0 Å². The molecule has 2 N–H and O–H groups in total. The summed E-state index contributed by atoms with van der Waals surface area (Å²) >= 11 is 0. The highest BCUT2D eigenvalue weighted by atomic mass is 16.4. The van der Waals surface area contributed by atoms with E-state index in [1.165, 1.54) is 11.6 Å². The Morgan fingerprint density at radius 3 is 2.78 bits per heavy atom. The third-order valence-electron chi connectivity index (χ3n) is 3.22. The lowest BCUT2D eigenvalue weighted by Crippen LogP contribution is -1.90. The molecule has 0 radical (unpaired) electrons. The Kier molecular flexibility index (Phi) is 3.24. The Morgan fingerprint density at radius 2 is 2.17 bits per heavy atom. The lowest BCUT2D eigenvalue weighted by Gasteiger charge is -2.02. The molecule has 0 aliphatic heterocycles. The summed E-state index contributed by atoms with van der Waals surface area (Å²) in [5, 5.41) is 9.96. The second kappa shape index (κ2) is 4.69. The number of aromatic amines is 1. The first kappa shape index (κ1) is 12.4. The number of aromatic nitrogens is 1. The van der Waals surface area contributed by atoms with Gasteiger partial charge in [0.15, 0.2) is 0 Å². The zero-order valence-corrected chi connectivity index (χ0v) is 10.9. The Hall–Kier alpha value is -2.03. The Morgan fingerprint density at radius 1 is 1.44 bits per heavy atom. The molecule has 94 valence electrons. The molecule has 3 heteroatoms. The number of para-hydroxylation sites is 1. The lowest BCUT2D eigenvalue weighted by molar-refractivity contribution is -0.131. The number of carboxylic acids is 1. The number of fused-ring (bicyclic) bond motifs is 1. The van der Waals surface area contributed by atoms with E-state index >= 15 is 0 Å². The number of rotatable bonds is 3. The summed E-state index contributed by atoms with van der Waals surface area (Å²) < 4.78 is 0. The molecule has 1 heterocycles. The van der Waals surface area contributed by atoms with E-state index in [0.29, 0.717) is 0 Å². The van der Waals surface area contributed by atoms with Gasteiger partial charge in [-0.2, -0.15) is 0 Å². The van der Waals surface area contributed by atoms with E-state index in [1.807, 2.05) is 26.0 Å². The van der Waals surface area contributed by atoms with Gasteiger partial charge in [0.2, 0.25) is 0 Å². The molecule has 0 bridgehead atoms. The zero-order chi connectivity index (χ0) is 13.3. The van der Waals surface area contributed by atoms with Crippen LogP contribution < -0.4 is 0 Å². The number of aryl methyl sites for hydroxylation is 2. The van der Waals surface area contributed by atoms with E-state index in [4.69, 9.17) is 5.11 Å². The van der Waals surface area contributed by atoms with Crippen LogP contribution in [0.3, 0.4) is 0 Å². The van der Waals surface area contributed by atoms with Crippen molar-refractivity contribution >= 4 is 22.4 Å². The lowest BCUT2D eigenvalue weighted by atomic mass is 10.0. The summed E-state index contributed by atoms with van der Waals surface area (Å²) in [6.45, 7) is 5.93. The first-order chi connectivity index (χ1) is 8.54. The minimum atomic E-state index is -0.909. The van der Waals surface area contributed by atoms with Gasteiger partial charge in [-0.05, 0) is 31.4 Å². The van der Waals surface area contributed by atoms with E-state index in [9.17, 15) is 4.79 Å². The van der Waals surface area contributed by atoms with Crippen LogP contribution in [0.4, 0.5) is 0 Å². The maximum atomic E-state index is 10.8. The van der Waals surface area contributed by atoms with Crippen LogP contribution in [0.25, 0.3) is 16.5 Å². The van der Waals surface area contributed by atoms with Crippen LogP contribution in [-0.4, -0.2) is 16.1 Å². The number of benzene rings is 1. The molecular formula is C15H17NO2. The van der Waals surface area contributed by atoms with E-state index < -0.39 is 5.97 Å². The zero-order valence-electron chi connectivity index (χ0n) is 10.9. The smallest absolute Gasteiger partial charge is 0.328 e. The minimum absolute atomic E-state index is 0.777. The number of carboxylic acid groups (broad SMARTS) is 1. The molecule has 18 heavy (non-hydrogen) atoms. The van der Waals surface area contributed by atoms with Crippen LogP contribution >= 0.6 is 0 Å². The highest BCUT2D eigenvalue weighted by Gasteiger charge is 2.12. The highest BCUT2D eigenvalue weighted by Crippen LogP contribution is 2.30. The SMILES string of the molecule is CCc1cccc2c(/C(C)=C/C(=O)O)c(C)[nH]c12. The molecule has 0 aliphatic carbocycles. The van der Waals surface area contributed by atoms with Gasteiger partial charge >= 0.3 is 5.97 Å². The molecule has 1 aromatic heterocycles. The summed E-state index contributed by atoms with van der Waals surface area (Å²) in [4.78, 5) is 14.2. The first-order valence-corrected chi connectivity index (χ1v) is 6.06. The molecule has 3 nitrogen and oxygen atoms in total. The van der Waals surface area contributed by atoms with Crippen molar-refractivity contribution in [1.29, 1.82) is 0 Å². The number of aliphatic carboxylic acids is 1. The van der Waals surface area contributed by atoms with Crippen LogP contribution in [-0.2, 0) is 11.2 Å². The van der Waals surface area contributed by atoms with Gasteiger partial charge in [-0.15, -0.1) is 0 Å². The van der Waals surface area contributed by atoms with Crippen molar-refractivity contribution in [2.45, 2.75) is 27.2 Å². The molecule has 0 atom stereocenters. The van der Waals surface area contributed by atoms with E-state index in [2.05, 4.69) is 18.0 Å². The molecule has 0 saturated carbocycles. The van der Waals surface area contributed by atoms with Crippen molar-refractivity contribution in [3.8, 4) is 0 Å². The average Bonchev–Trinajstić information content (AvgIpc) is 2.63. The highest BCUT2D eigenvalue weighted by molar-refractivity contribution is 5.99. The average molecular weight is 243 g/mol. The van der Waals surface area contributed by atoms with Gasteiger partial charge in [0.1, 0.15) is 0 Å². The van der Waals surface area contributed by atoms with Crippen molar-refractivity contribution in [3.63, 3.8) is 0 Å². The van der Waals surface area contributed by atoms with Crippen molar-refractivity contribution in [3.05, 3.63) is 41.1 Å². The van der Waals surface area contributed by atoms with E-state index in [0.717, 1.165) is 34.2 Å². The predicted octanol–water partition coefficient (Wildman–Crippen LogP) is 3.53. The Bertz CT molecular complexity index is 635. The molecule has 0 spiro atoms. The monoisotopic (exact) mass is 243 g/mol. The van der Waals surface area contributed by atoms with E-state index in [1.54, 1.807) is 0 Å². The largest absolute Gasteiger partial charge is 0.478 e. The van der Waals surface area contributed by atoms with Crippen LogP contribution in [0.1, 0.15) is 30.7 Å². The summed E-state index contributed by atoms with van der Waals surface area (Å²) in [6.07, 6.45) is 2.21. The van der Waals surface area contributed by atoms with Gasteiger partial charge in [0.05, 0.1) is 0 Å². The van der Waals surface area contributed by atoms with Crippen molar-refractivity contribution in [2.75, 3.05) is 0 Å². The number of hydrogen-bond acceptors (Lipinski definition) is 1. The fourth-order valence-corrected chi connectivity index (χ4v) is 2.47. The summed E-state index contributed by atoms with van der Waals surface area (Å²) in [7, 11) is 0. The Balaban J connectivity index is 2.72. The molecule has 0 unspecified atom stereocenters. The van der Waals surface area contributed by atoms with Crippen LogP contribution in [0, 0.1) is 6.92 Å². The summed E-state index contributed by atoms with van der Waals surface area (Å²) in [5.74, 6) is -0.909. The second-order valence-corrected chi connectivity index (χ2v) is 4.48. The molecule has 0 amide bonds. The molecule has 0 saturated heterocycles. The molecule has 2 rings (SSSR count). The van der Waals surface area contributed by atoms with Gasteiger partial charge < -0.3 is 10.1 Å². The van der Waals surface area contributed by atoms with Crippen LogP contribution in [0.5, 0.6) is 0 Å². The quantitative estimate of drug-likeness (QED) is 0.810. The van der Waals surface area contributed by atoms with Gasteiger partial charge in [-0.25, -0.2) is 4.79 Å². The van der Waals surface area contributed by atoms with Gasteiger partial charge in [0.25, 0.3) is 0 Å². The molecule has 1 aromatic carbocycles. The molecular weight excluding hydrogens is 226 g/mol. The van der Waals surface area contributed by atoms with Gasteiger partial charge in [0, 0.05) is 28.2 Å². The van der Waals surface area contributed by atoms with E-state index in [-0.39, 0.29) is 0 Å². The first-order valence-electron chi connectivity index (χ1n) is 6.06. The number of allylic oxidation sites excluding steroid dienone is 1. The third kappa shape index (κ3) is 2.04. The number of H-pyrrole nitrogens is 1. The Labute approximate surface area is 106 Å². The normalized spacial score (nSPS) is 12.1. The molecule has 2 aromatic rings. The number of carbonyl (C=O) groups is 1. The molecule has 0 fully saturated rings. The third-order valence-corrected chi connectivity index (χ3v) is 3.22. The summed E-state index contributed by atoms with van der Waals surface area (Å²) in [5.41, 5.74) is 5.17. The predicted molar refractivity (Wildman–Crippen MR) is 73.7 cm³/mol. The van der Waals surface area contributed by atoms with Crippen molar-refractivity contribution in [1.82, 2.24) is 4.98 Å². The minimum Gasteiger partial charge on any atom is -0.478 e. The number of hydrogen-bond donors (Lipinski definition) is 2. The standard InChI is InChI=1S/C15H17NO2/c1-4-11-6-5-7-12-14(9(2)8-13(17)18)10(3)16-15(11)12/h5-8,16H,4H2,1-3H3,(H,17,18)/b9-8+. The fourth-order valence-electron chi connectivity index (χ4n) is 2.47.